The molecule has 1 heterocycles. The Morgan fingerprint density at radius 1 is 1.53 bits per heavy atom. The van der Waals surface area contributed by atoms with Gasteiger partial charge in [-0.05, 0) is 65.6 Å². The summed E-state index contributed by atoms with van der Waals surface area (Å²) < 4.78 is 5.87. The molecule has 1 atom stereocenters. The Bertz CT molecular complexity index is 414. The first-order valence-electron chi connectivity index (χ1n) is 5.81. The van der Waals surface area contributed by atoms with Crippen LogP contribution in [0.1, 0.15) is 34.7 Å². The number of piperidine rings is 1. The van der Waals surface area contributed by atoms with E-state index in [0.29, 0.717) is 11.5 Å². The number of rotatable bonds is 2. The monoisotopic (exact) mass is 345 g/mol. The molecule has 4 heteroatoms. The first-order valence-corrected chi connectivity index (χ1v) is 6.88. The summed E-state index contributed by atoms with van der Waals surface area (Å²) in [4.78, 5) is 11.4. The van der Waals surface area contributed by atoms with Crippen LogP contribution < -0.4 is 5.32 Å². The van der Waals surface area contributed by atoms with E-state index in [0.717, 1.165) is 16.7 Å². The molecule has 1 aliphatic rings. The molecule has 1 aliphatic heterocycles. The molecule has 2 rings (SSSR count). The number of carbonyl (C=O) groups excluding carboxylic acids is 1. The number of nitrogens with one attached hydrogen (secondary N) is 1. The zero-order valence-corrected chi connectivity index (χ0v) is 12.0. The highest BCUT2D eigenvalue weighted by molar-refractivity contribution is 14.1. The Morgan fingerprint density at radius 3 is 2.94 bits per heavy atom. The van der Waals surface area contributed by atoms with Crippen LogP contribution in [0.3, 0.4) is 0 Å². The second kappa shape index (κ2) is 5.82. The van der Waals surface area contributed by atoms with Crippen LogP contribution in [-0.2, 0) is 4.74 Å². The maximum Gasteiger partial charge on any atom is 0.337 e. The Labute approximate surface area is 115 Å². The van der Waals surface area contributed by atoms with Crippen LogP contribution in [0.25, 0.3) is 0 Å². The minimum absolute atomic E-state index is 0.267. The van der Waals surface area contributed by atoms with E-state index in [1.807, 2.05) is 12.1 Å². The lowest BCUT2D eigenvalue weighted by molar-refractivity contribution is 0.0600. The molecule has 0 aromatic heterocycles. The van der Waals surface area contributed by atoms with Crippen molar-refractivity contribution >= 4 is 28.6 Å². The van der Waals surface area contributed by atoms with Crippen molar-refractivity contribution in [3.63, 3.8) is 0 Å². The van der Waals surface area contributed by atoms with Gasteiger partial charge in [0.05, 0.1) is 12.7 Å². The number of ether oxygens (including phenoxy) is 1. The summed E-state index contributed by atoms with van der Waals surface area (Å²) in [6, 6.07) is 5.83. The number of benzene rings is 1. The first kappa shape index (κ1) is 12.8. The van der Waals surface area contributed by atoms with Crippen molar-refractivity contribution in [1.29, 1.82) is 0 Å². The lowest BCUT2D eigenvalue weighted by Gasteiger charge is -2.24. The van der Waals surface area contributed by atoms with Crippen LogP contribution in [0.4, 0.5) is 0 Å². The molecule has 0 aliphatic carbocycles. The average molecular weight is 345 g/mol. The summed E-state index contributed by atoms with van der Waals surface area (Å²) in [6.07, 6.45) is 2.44. The molecular formula is C13H16INO2. The van der Waals surface area contributed by atoms with Crippen molar-refractivity contribution in [2.24, 2.45) is 0 Å². The normalized spacial score (nSPS) is 20.0. The lowest BCUT2D eigenvalue weighted by atomic mass is 9.91. The van der Waals surface area contributed by atoms with E-state index in [1.54, 1.807) is 0 Å². The second-order valence-corrected chi connectivity index (χ2v) is 5.43. The van der Waals surface area contributed by atoms with Gasteiger partial charge >= 0.3 is 5.97 Å². The maximum atomic E-state index is 11.4. The van der Waals surface area contributed by atoms with Crippen molar-refractivity contribution < 1.29 is 9.53 Å². The Morgan fingerprint density at radius 2 is 2.35 bits per heavy atom. The molecule has 1 N–H and O–H groups in total. The van der Waals surface area contributed by atoms with Gasteiger partial charge < -0.3 is 10.1 Å². The fraction of sp³-hybridized carbons (Fsp3) is 0.462. The van der Waals surface area contributed by atoms with Crippen LogP contribution in [-0.4, -0.2) is 26.2 Å². The number of hydrogen-bond donors (Lipinski definition) is 1. The fourth-order valence-corrected chi connectivity index (χ4v) is 3.18. The number of esters is 1. The SMILES string of the molecule is COC(=O)c1ccc(C2CCCNC2)c(I)c1. The predicted octanol–water partition coefficient (Wildman–Crippen LogP) is 2.54. The van der Waals surface area contributed by atoms with Gasteiger partial charge in [-0.2, -0.15) is 0 Å². The molecule has 17 heavy (non-hydrogen) atoms. The smallest absolute Gasteiger partial charge is 0.337 e. The standard InChI is InChI=1S/C13H16INO2/c1-17-13(16)9-4-5-11(12(14)7-9)10-3-2-6-15-8-10/h4-5,7,10,15H,2-3,6,8H2,1H3. The zero-order chi connectivity index (χ0) is 12.3. The third-order valence-electron chi connectivity index (χ3n) is 3.16. The molecule has 0 saturated carbocycles. The van der Waals surface area contributed by atoms with E-state index < -0.39 is 0 Å². The zero-order valence-electron chi connectivity index (χ0n) is 9.83. The summed E-state index contributed by atoms with van der Waals surface area (Å²) in [7, 11) is 1.41. The maximum absolute atomic E-state index is 11.4. The van der Waals surface area contributed by atoms with E-state index in [9.17, 15) is 4.79 Å². The van der Waals surface area contributed by atoms with Gasteiger partial charge in [0, 0.05) is 10.1 Å². The first-order chi connectivity index (χ1) is 8.22. The number of carbonyl (C=O) groups is 1. The molecule has 1 fully saturated rings. The van der Waals surface area contributed by atoms with Crippen molar-refractivity contribution in [3.8, 4) is 0 Å². The number of hydrogen-bond acceptors (Lipinski definition) is 3. The molecule has 1 aromatic rings. The van der Waals surface area contributed by atoms with Crippen LogP contribution in [0.2, 0.25) is 0 Å². The van der Waals surface area contributed by atoms with Gasteiger partial charge in [0.25, 0.3) is 0 Å². The fourth-order valence-electron chi connectivity index (χ4n) is 2.22. The molecular weight excluding hydrogens is 329 g/mol. The molecule has 0 radical (unpaired) electrons. The molecule has 3 nitrogen and oxygen atoms in total. The molecule has 92 valence electrons. The highest BCUT2D eigenvalue weighted by Gasteiger charge is 2.18. The van der Waals surface area contributed by atoms with E-state index in [1.165, 1.54) is 25.5 Å². The van der Waals surface area contributed by atoms with Crippen LogP contribution in [0, 0.1) is 3.57 Å². The van der Waals surface area contributed by atoms with Gasteiger partial charge in [0.15, 0.2) is 0 Å². The minimum atomic E-state index is -0.267. The topological polar surface area (TPSA) is 38.3 Å². The van der Waals surface area contributed by atoms with Gasteiger partial charge in [-0.1, -0.05) is 6.07 Å². The van der Waals surface area contributed by atoms with Gasteiger partial charge in [-0.3, -0.25) is 0 Å². The molecule has 0 amide bonds. The van der Waals surface area contributed by atoms with Crippen molar-refractivity contribution in [2.45, 2.75) is 18.8 Å². The summed E-state index contributed by atoms with van der Waals surface area (Å²) >= 11 is 2.30. The third kappa shape index (κ3) is 2.98. The Kier molecular flexibility index (Phi) is 4.39. The van der Waals surface area contributed by atoms with Crippen molar-refractivity contribution in [3.05, 3.63) is 32.9 Å². The van der Waals surface area contributed by atoms with Crippen LogP contribution in [0.15, 0.2) is 18.2 Å². The number of halogens is 1. The average Bonchev–Trinajstić information content (AvgIpc) is 2.38. The van der Waals surface area contributed by atoms with E-state index in [2.05, 4.69) is 34.0 Å². The summed E-state index contributed by atoms with van der Waals surface area (Å²) in [5.41, 5.74) is 1.97. The van der Waals surface area contributed by atoms with Crippen molar-refractivity contribution in [1.82, 2.24) is 5.32 Å². The van der Waals surface area contributed by atoms with Gasteiger partial charge in [0.1, 0.15) is 0 Å². The van der Waals surface area contributed by atoms with Crippen LogP contribution in [0.5, 0.6) is 0 Å². The molecule has 0 bridgehead atoms. The van der Waals surface area contributed by atoms with E-state index in [4.69, 9.17) is 4.74 Å². The van der Waals surface area contributed by atoms with E-state index >= 15 is 0 Å². The largest absolute Gasteiger partial charge is 0.465 e. The Balaban J connectivity index is 2.21. The van der Waals surface area contributed by atoms with E-state index in [-0.39, 0.29) is 5.97 Å². The van der Waals surface area contributed by atoms with Gasteiger partial charge in [-0.25, -0.2) is 4.79 Å². The lowest BCUT2D eigenvalue weighted by Crippen LogP contribution is -2.28. The predicted molar refractivity (Wildman–Crippen MR) is 75.3 cm³/mol. The highest BCUT2D eigenvalue weighted by atomic mass is 127. The summed E-state index contributed by atoms with van der Waals surface area (Å²) in [5, 5.41) is 3.41. The number of methoxy groups -OCH3 is 1. The molecule has 1 aromatic carbocycles. The summed E-state index contributed by atoms with van der Waals surface area (Å²) in [5.74, 6) is 0.304. The minimum Gasteiger partial charge on any atom is -0.465 e. The third-order valence-corrected chi connectivity index (χ3v) is 4.09. The van der Waals surface area contributed by atoms with Crippen molar-refractivity contribution in [2.75, 3.05) is 20.2 Å². The highest BCUT2D eigenvalue weighted by Crippen LogP contribution is 2.28. The molecule has 1 saturated heterocycles. The van der Waals surface area contributed by atoms with Crippen LogP contribution >= 0.6 is 22.6 Å². The quantitative estimate of drug-likeness (QED) is 0.661. The molecule has 1 unspecified atom stereocenters. The van der Waals surface area contributed by atoms with Gasteiger partial charge in [0.2, 0.25) is 0 Å². The van der Waals surface area contributed by atoms with Gasteiger partial charge in [-0.15, -0.1) is 0 Å². The second-order valence-electron chi connectivity index (χ2n) is 4.27. The summed E-state index contributed by atoms with van der Waals surface area (Å²) in [6.45, 7) is 2.15. The molecule has 0 spiro atoms. The Hall–Kier alpha value is -0.620.